The van der Waals surface area contributed by atoms with Gasteiger partial charge in [-0.25, -0.2) is 4.98 Å². The lowest BCUT2D eigenvalue weighted by molar-refractivity contribution is -0.136. The Morgan fingerprint density at radius 3 is 2.91 bits per heavy atom. The standard InChI is InChI=1S/C24H32N4O4/c1-17(2)28-13-20(25-15-28)19-12-26(11-18-4-5-21-22(10-18)32-16-31-21)14-24(19)6-7-27(23(24)29)8-9-30-3/h4-5,10,13,15,17,19H,6-9,11-12,14,16H2,1-3H3/t19-,24+/m0/s1. The van der Waals surface area contributed by atoms with Gasteiger partial charge in [0.25, 0.3) is 0 Å². The van der Waals surface area contributed by atoms with E-state index in [1.807, 2.05) is 17.3 Å². The molecule has 8 nitrogen and oxygen atoms in total. The van der Waals surface area contributed by atoms with Crippen molar-refractivity contribution in [2.75, 3.05) is 46.7 Å². The molecule has 8 heteroatoms. The molecule has 2 saturated heterocycles. The van der Waals surface area contributed by atoms with E-state index in [4.69, 9.17) is 19.2 Å². The number of benzene rings is 1. The molecule has 172 valence electrons. The zero-order chi connectivity index (χ0) is 22.3. The number of imidazole rings is 1. The van der Waals surface area contributed by atoms with Crippen molar-refractivity contribution in [1.29, 1.82) is 0 Å². The summed E-state index contributed by atoms with van der Waals surface area (Å²) in [7, 11) is 1.68. The van der Waals surface area contributed by atoms with E-state index in [9.17, 15) is 4.79 Å². The number of hydrogen-bond donors (Lipinski definition) is 0. The second-order valence-corrected chi connectivity index (χ2v) is 9.44. The number of likely N-dealkylation sites (tertiary alicyclic amines) is 2. The number of carbonyl (C=O) groups is 1. The van der Waals surface area contributed by atoms with Crippen molar-refractivity contribution in [3.8, 4) is 11.5 Å². The van der Waals surface area contributed by atoms with Crippen LogP contribution >= 0.6 is 0 Å². The molecule has 5 rings (SSSR count). The minimum absolute atomic E-state index is 0.0801. The van der Waals surface area contributed by atoms with Crippen LogP contribution in [0.3, 0.4) is 0 Å². The van der Waals surface area contributed by atoms with Gasteiger partial charge in [-0.05, 0) is 38.0 Å². The van der Waals surface area contributed by atoms with Crippen LogP contribution in [-0.4, -0.2) is 71.9 Å². The van der Waals surface area contributed by atoms with Gasteiger partial charge in [-0.1, -0.05) is 6.07 Å². The Morgan fingerprint density at radius 1 is 1.28 bits per heavy atom. The lowest BCUT2D eigenvalue weighted by Gasteiger charge is -2.28. The Bertz CT molecular complexity index is 990. The molecule has 2 aromatic rings. The zero-order valence-electron chi connectivity index (χ0n) is 19.1. The summed E-state index contributed by atoms with van der Waals surface area (Å²) < 4.78 is 18.4. The van der Waals surface area contributed by atoms with E-state index in [1.165, 1.54) is 5.56 Å². The van der Waals surface area contributed by atoms with Crippen LogP contribution in [0.25, 0.3) is 0 Å². The van der Waals surface area contributed by atoms with Crippen LogP contribution < -0.4 is 9.47 Å². The monoisotopic (exact) mass is 440 g/mol. The topological polar surface area (TPSA) is 69.1 Å². The first-order valence-electron chi connectivity index (χ1n) is 11.4. The van der Waals surface area contributed by atoms with Gasteiger partial charge in [0.2, 0.25) is 12.7 Å². The maximum Gasteiger partial charge on any atom is 0.231 e. The van der Waals surface area contributed by atoms with E-state index in [0.29, 0.717) is 19.2 Å². The summed E-state index contributed by atoms with van der Waals surface area (Å²) in [5.74, 6) is 1.92. The van der Waals surface area contributed by atoms with Crippen molar-refractivity contribution in [2.24, 2.45) is 5.41 Å². The number of rotatable bonds is 7. The highest BCUT2D eigenvalue weighted by Crippen LogP contribution is 2.50. The maximum atomic E-state index is 13.7. The van der Waals surface area contributed by atoms with E-state index in [2.05, 4.69) is 41.6 Å². The molecule has 4 heterocycles. The fraction of sp³-hybridized carbons (Fsp3) is 0.583. The zero-order valence-corrected chi connectivity index (χ0v) is 19.1. The molecule has 1 aromatic heterocycles. The lowest BCUT2D eigenvalue weighted by atomic mass is 9.75. The molecular weight excluding hydrogens is 408 g/mol. The Labute approximate surface area is 189 Å². The van der Waals surface area contributed by atoms with Gasteiger partial charge in [0, 0.05) is 58.0 Å². The van der Waals surface area contributed by atoms with Gasteiger partial charge < -0.3 is 23.7 Å². The van der Waals surface area contributed by atoms with Crippen LogP contribution in [0, 0.1) is 5.41 Å². The van der Waals surface area contributed by atoms with E-state index in [1.54, 1.807) is 7.11 Å². The lowest BCUT2D eigenvalue weighted by Crippen LogP contribution is -2.40. The van der Waals surface area contributed by atoms with E-state index in [0.717, 1.165) is 49.8 Å². The Kier molecular flexibility index (Phi) is 5.59. The van der Waals surface area contributed by atoms with Gasteiger partial charge >= 0.3 is 0 Å². The number of fused-ring (bicyclic) bond motifs is 1. The fourth-order valence-electron chi connectivity index (χ4n) is 5.36. The molecule has 1 amide bonds. The van der Waals surface area contributed by atoms with Gasteiger partial charge in [0.15, 0.2) is 11.5 Å². The van der Waals surface area contributed by atoms with E-state index in [-0.39, 0.29) is 18.6 Å². The van der Waals surface area contributed by atoms with Gasteiger partial charge in [-0.15, -0.1) is 0 Å². The van der Waals surface area contributed by atoms with Gasteiger partial charge in [-0.2, -0.15) is 0 Å². The first-order valence-corrected chi connectivity index (χ1v) is 11.4. The van der Waals surface area contributed by atoms with E-state index >= 15 is 0 Å². The molecule has 0 saturated carbocycles. The van der Waals surface area contributed by atoms with Crippen LogP contribution in [0.5, 0.6) is 11.5 Å². The predicted molar refractivity (Wildman–Crippen MR) is 119 cm³/mol. The third kappa shape index (κ3) is 3.65. The van der Waals surface area contributed by atoms with Crippen molar-refractivity contribution in [2.45, 2.75) is 38.8 Å². The minimum atomic E-state index is -0.430. The summed E-state index contributed by atoms with van der Waals surface area (Å²) in [5, 5.41) is 0. The smallest absolute Gasteiger partial charge is 0.231 e. The van der Waals surface area contributed by atoms with Gasteiger partial charge in [0.1, 0.15) is 0 Å². The molecule has 0 aliphatic carbocycles. The number of nitrogens with zero attached hydrogens (tertiary/aromatic N) is 4. The second-order valence-electron chi connectivity index (χ2n) is 9.44. The quantitative estimate of drug-likeness (QED) is 0.659. The predicted octanol–water partition coefficient (Wildman–Crippen LogP) is 2.66. The number of methoxy groups -OCH3 is 1. The van der Waals surface area contributed by atoms with Crippen LogP contribution in [-0.2, 0) is 16.1 Å². The Morgan fingerprint density at radius 2 is 2.12 bits per heavy atom. The average molecular weight is 441 g/mol. The Hall–Kier alpha value is -2.58. The highest BCUT2D eigenvalue weighted by atomic mass is 16.7. The summed E-state index contributed by atoms with van der Waals surface area (Å²) >= 11 is 0. The van der Waals surface area contributed by atoms with Crippen LogP contribution in [0.2, 0.25) is 0 Å². The third-order valence-corrected chi connectivity index (χ3v) is 7.14. The molecule has 0 radical (unpaired) electrons. The SMILES string of the molecule is COCCN1CC[C@]2(CN(Cc3ccc4c(c3)OCO4)C[C@H]2c2cn(C(C)C)cn2)C1=O. The second kappa shape index (κ2) is 8.41. The Balaban J connectivity index is 1.41. The molecular formula is C24H32N4O4. The summed E-state index contributed by atoms with van der Waals surface area (Å²) in [5.41, 5.74) is 1.76. The van der Waals surface area contributed by atoms with Crippen LogP contribution in [0.1, 0.15) is 43.5 Å². The number of ether oxygens (including phenoxy) is 3. The highest BCUT2D eigenvalue weighted by molar-refractivity contribution is 5.86. The van der Waals surface area contributed by atoms with Crippen molar-refractivity contribution in [1.82, 2.24) is 19.4 Å². The number of hydrogen-bond acceptors (Lipinski definition) is 6. The highest BCUT2D eigenvalue weighted by Gasteiger charge is 2.57. The normalized spacial score (nSPS) is 25.1. The molecule has 0 N–H and O–H groups in total. The third-order valence-electron chi connectivity index (χ3n) is 7.14. The van der Waals surface area contributed by atoms with Crippen molar-refractivity contribution in [3.05, 3.63) is 42.0 Å². The van der Waals surface area contributed by atoms with Crippen molar-refractivity contribution in [3.63, 3.8) is 0 Å². The van der Waals surface area contributed by atoms with Gasteiger partial charge in [-0.3, -0.25) is 9.69 Å². The van der Waals surface area contributed by atoms with Crippen molar-refractivity contribution < 1.29 is 19.0 Å². The van der Waals surface area contributed by atoms with E-state index < -0.39 is 5.41 Å². The van der Waals surface area contributed by atoms with Crippen LogP contribution in [0.15, 0.2) is 30.7 Å². The minimum Gasteiger partial charge on any atom is -0.454 e. The molecule has 32 heavy (non-hydrogen) atoms. The van der Waals surface area contributed by atoms with Crippen molar-refractivity contribution >= 4 is 5.91 Å². The molecule has 1 spiro atoms. The number of amides is 1. The van der Waals surface area contributed by atoms with Gasteiger partial charge in [0.05, 0.1) is 24.0 Å². The molecule has 3 aliphatic heterocycles. The average Bonchev–Trinajstić information content (AvgIpc) is 3.55. The first kappa shape index (κ1) is 21.3. The van der Waals surface area contributed by atoms with Crippen LogP contribution in [0.4, 0.5) is 0 Å². The summed E-state index contributed by atoms with van der Waals surface area (Å²) in [6.07, 6.45) is 4.88. The summed E-state index contributed by atoms with van der Waals surface area (Å²) in [6, 6.07) is 6.45. The molecule has 3 aliphatic rings. The maximum absolute atomic E-state index is 13.7. The number of aromatic nitrogens is 2. The number of carbonyl (C=O) groups excluding carboxylic acids is 1. The molecule has 0 unspecified atom stereocenters. The molecule has 0 bridgehead atoms. The first-order chi connectivity index (χ1) is 15.5. The molecule has 1 aromatic carbocycles. The molecule has 2 fully saturated rings. The summed E-state index contributed by atoms with van der Waals surface area (Å²) in [6.45, 7) is 8.88. The summed E-state index contributed by atoms with van der Waals surface area (Å²) in [4.78, 5) is 22.8. The largest absolute Gasteiger partial charge is 0.454 e. The molecule has 2 atom stereocenters. The fourth-order valence-corrected chi connectivity index (χ4v) is 5.36.